The number of aromatic amines is 1. The minimum atomic E-state index is -0.996. The molecule has 1 aliphatic rings. The summed E-state index contributed by atoms with van der Waals surface area (Å²) < 4.78 is 5.83. The number of carbonyl (C=O) groups is 2. The van der Waals surface area contributed by atoms with Gasteiger partial charge in [-0.25, -0.2) is 9.78 Å². The van der Waals surface area contributed by atoms with Crippen LogP contribution in [0.1, 0.15) is 39.2 Å². The van der Waals surface area contributed by atoms with Crippen molar-refractivity contribution in [3.8, 4) is 0 Å². The Morgan fingerprint density at radius 2 is 2.21 bits per heavy atom. The first kappa shape index (κ1) is 20.9. The highest BCUT2D eigenvalue weighted by Gasteiger charge is 2.33. The number of carbonyl (C=O) groups excluding carboxylic acids is 1. The fourth-order valence-corrected chi connectivity index (χ4v) is 4.32. The minimum Gasteiger partial charge on any atom is -0.477 e. The van der Waals surface area contributed by atoms with Crippen LogP contribution in [0.4, 0.5) is 5.13 Å². The summed E-state index contributed by atoms with van der Waals surface area (Å²) in [7, 11) is 0. The zero-order valence-corrected chi connectivity index (χ0v) is 17.6. The third-order valence-corrected chi connectivity index (χ3v) is 6.51. The van der Waals surface area contributed by atoms with Crippen LogP contribution in [-0.4, -0.2) is 58.8 Å². The number of anilines is 1. The van der Waals surface area contributed by atoms with Gasteiger partial charge in [-0.15, -0.1) is 0 Å². The Labute approximate surface area is 175 Å². The quantitative estimate of drug-likeness (QED) is 0.628. The first-order chi connectivity index (χ1) is 13.3. The maximum absolute atomic E-state index is 12.6. The summed E-state index contributed by atoms with van der Waals surface area (Å²) in [6.07, 6.45) is 1.69. The number of nitrogens with one attached hydrogen (secondary N) is 2. The second-order valence-corrected chi connectivity index (χ2v) is 8.14. The lowest BCUT2D eigenvalue weighted by atomic mass is 10.0. The van der Waals surface area contributed by atoms with E-state index in [0.29, 0.717) is 42.0 Å². The van der Waals surface area contributed by atoms with Gasteiger partial charge in [0.2, 0.25) is 0 Å². The number of thiazole rings is 1. The third-order valence-electron chi connectivity index (χ3n) is 4.51. The molecule has 0 aliphatic carbocycles. The van der Waals surface area contributed by atoms with E-state index in [0.717, 1.165) is 11.3 Å². The monoisotopic (exact) mass is 446 g/mol. The van der Waals surface area contributed by atoms with Crippen molar-refractivity contribution in [3.05, 3.63) is 32.5 Å². The molecule has 8 nitrogen and oxygen atoms in total. The Balaban J connectivity index is 1.71. The van der Waals surface area contributed by atoms with Gasteiger partial charge in [0.05, 0.1) is 28.4 Å². The molecule has 0 radical (unpaired) electrons. The van der Waals surface area contributed by atoms with Crippen LogP contribution in [0.2, 0.25) is 10.0 Å². The first-order valence-corrected chi connectivity index (χ1v) is 10.3. The van der Waals surface area contributed by atoms with Gasteiger partial charge >= 0.3 is 5.97 Å². The molecule has 0 unspecified atom stereocenters. The summed E-state index contributed by atoms with van der Waals surface area (Å²) in [5.41, 5.74) is 0.860. The number of hydrogen-bond acceptors (Lipinski definition) is 6. The highest BCUT2D eigenvalue weighted by Crippen LogP contribution is 2.30. The smallest absolute Gasteiger partial charge is 0.347 e. The fourth-order valence-electron chi connectivity index (χ4n) is 3.12. The predicted octanol–water partition coefficient (Wildman–Crippen LogP) is 3.20. The first-order valence-electron chi connectivity index (χ1n) is 8.71. The lowest BCUT2D eigenvalue weighted by Crippen LogP contribution is -2.55. The van der Waals surface area contributed by atoms with Crippen LogP contribution < -0.4 is 10.2 Å². The molecule has 1 amide bonds. The molecule has 2 aromatic rings. The van der Waals surface area contributed by atoms with Crippen molar-refractivity contribution < 1.29 is 19.4 Å². The van der Waals surface area contributed by atoms with E-state index in [4.69, 9.17) is 33.0 Å². The van der Waals surface area contributed by atoms with Crippen LogP contribution in [0, 0.1) is 6.92 Å². The summed E-state index contributed by atoms with van der Waals surface area (Å²) >= 11 is 13.3. The van der Waals surface area contributed by atoms with Crippen molar-refractivity contribution in [2.75, 3.05) is 24.6 Å². The van der Waals surface area contributed by atoms with E-state index in [1.54, 1.807) is 6.92 Å². The number of piperidine rings is 1. The van der Waals surface area contributed by atoms with E-state index >= 15 is 0 Å². The van der Waals surface area contributed by atoms with Crippen LogP contribution >= 0.6 is 34.5 Å². The Morgan fingerprint density at radius 1 is 1.46 bits per heavy atom. The van der Waals surface area contributed by atoms with Crippen LogP contribution in [0.25, 0.3) is 0 Å². The van der Waals surface area contributed by atoms with Gasteiger partial charge in [-0.3, -0.25) is 4.79 Å². The van der Waals surface area contributed by atoms with Gasteiger partial charge in [0.1, 0.15) is 10.6 Å². The van der Waals surface area contributed by atoms with Gasteiger partial charge < -0.3 is 25.0 Å². The topological polar surface area (TPSA) is 108 Å². The molecule has 0 aromatic carbocycles. The van der Waals surface area contributed by atoms with Crippen LogP contribution in [0.15, 0.2) is 6.20 Å². The highest BCUT2D eigenvalue weighted by atomic mass is 35.5. The van der Waals surface area contributed by atoms with Crippen molar-refractivity contribution >= 4 is 51.5 Å². The SMILES string of the molecule is CCO[C@@H]1CN(c2ncc(C(=O)O)s2)CC[C@@H]1NC(=O)c1[nH]c(C)c(Cl)c1Cl. The van der Waals surface area contributed by atoms with E-state index in [9.17, 15) is 9.59 Å². The molecule has 2 atom stereocenters. The van der Waals surface area contributed by atoms with E-state index in [1.807, 2.05) is 11.8 Å². The fraction of sp³-hybridized carbons (Fsp3) is 0.471. The van der Waals surface area contributed by atoms with E-state index < -0.39 is 5.97 Å². The van der Waals surface area contributed by atoms with Crippen LogP contribution in [-0.2, 0) is 4.74 Å². The lowest BCUT2D eigenvalue weighted by Gasteiger charge is -2.38. The van der Waals surface area contributed by atoms with Crippen molar-refractivity contribution in [1.29, 1.82) is 0 Å². The van der Waals surface area contributed by atoms with Crippen LogP contribution in [0.3, 0.4) is 0 Å². The minimum absolute atomic E-state index is 0.187. The number of hydrogen-bond donors (Lipinski definition) is 3. The summed E-state index contributed by atoms with van der Waals surface area (Å²) in [5.74, 6) is -1.34. The normalized spacial score (nSPS) is 19.6. The van der Waals surface area contributed by atoms with Gasteiger partial charge in [-0.2, -0.15) is 0 Å². The van der Waals surface area contributed by atoms with Gasteiger partial charge in [0.15, 0.2) is 5.13 Å². The number of aryl methyl sites for hydroxylation is 1. The number of carboxylic acid groups (broad SMARTS) is 1. The maximum atomic E-state index is 12.6. The van der Waals surface area contributed by atoms with Gasteiger partial charge in [0.25, 0.3) is 5.91 Å². The zero-order valence-electron chi connectivity index (χ0n) is 15.3. The number of H-pyrrole nitrogens is 1. The van der Waals surface area contributed by atoms with E-state index in [1.165, 1.54) is 6.20 Å². The number of halogens is 2. The second kappa shape index (κ2) is 8.69. The van der Waals surface area contributed by atoms with Gasteiger partial charge in [0, 0.05) is 25.4 Å². The predicted molar refractivity (Wildman–Crippen MR) is 108 cm³/mol. The van der Waals surface area contributed by atoms with Crippen molar-refractivity contribution in [1.82, 2.24) is 15.3 Å². The molecule has 152 valence electrons. The van der Waals surface area contributed by atoms with E-state index in [2.05, 4.69) is 15.3 Å². The van der Waals surface area contributed by atoms with Gasteiger partial charge in [-0.05, 0) is 20.3 Å². The molecule has 0 spiro atoms. The Morgan fingerprint density at radius 3 is 2.79 bits per heavy atom. The maximum Gasteiger partial charge on any atom is 0.347 e. The molecule has 0 saturated carbocycles. The average Bonchev–Trinajstić information content (AvgIpc) is 3.25. The molecule has 3 heterocycles. The van der Waals surface area contributed by atoms with Crippen molar-refractivity contribution in [2.45, 2.75) is 32.4 Å². The Kier molecular flexibility index (Phi) is 6.49. The molecule has 3 rings (SSSR count). The third kappa shape index (κ3) is 4.27. The highest BCUT2D eigenvalue weighted by molar-refractivity contribution is 7.17. The average molecular weight is 447 g/mol. The number of nitrogens with zero attached hydrogens (tertiary/aromatic N) is 2. The zero-order chi connectivity index (χ0) is 20.4. The summed E-state index contributed by atoms with van der Waals surface area (Å²) in [6, 6.07) is -0.221. The summed E-state index contributed by atoms with van der Waals surface area (Å²) in [5, 5.41) is 13.2. The lowest BCUT2D eigenvalue weighted by molar-refractivity contribution is 0.0272. The molecule has 1 fully saturated rings. The molecule has 1 saturated heterocycles. The van der Waals surface area contributed by atoms with E-state index in [-0.39, 0.29) is 33.6 Å². The number of aromatic nitrogens is 2. The number of ether oxygens (including phenoxy) is 1. The molecular weight excluding hydrogens is 427 g/mol. The number of amides is 1. The second-order valence-electron chi connectivity index (χ2n) is 6.37. The standard InChI is InChI=1S/C17H20Cl2N4O4S/c1-3-27-10-7-23(17-20-6-11(28-17)16(25)26)5-4-9(10)22-15(24)14-13(19)12(18)8(2)21-14/h6,9-10,21H,3-5,7H2,1-2H3,(H,22,24)(H,25,26)/t9-,10+/m0/s1. The van der Waals surface area contributed by atoms with Crippen molar-refractivity contribution in [2.24, 2.45) is 0 Å². The largest absolute Gasteiger partial charge is 0.477 e. The number of carboxylic acids is 1. The summed E-state index contributed by atoms with van der Waals surface area (Å²) in [4.78, 5) is 33.0. The molecule has 1 aliphatic heterocycles. The molecule has 28 heavy (non-hydrogen) atoms. The number of rotatable bonds is 6. The Bertz CT molecular complexity index is 885. The Hall–Kier alpha value is -1.81. The molecule has 0 bridgehead atoms. The summed E-state index contributed by atoms with van der Waals surface area (Å²) in [6.45, 7) is 5.21. The molecule has 2 aromatic heterocycles. The molecular formula is C17H20Cl2N4O4S. The molecule has 11 heteroatoms. The molecule has 3 N–H and O–H groups in total. The van der Waals surface area contributed by atoms with Gasteiger partial charge in [-0.1, -0.05) is 34.5 Å². The number of aromatic carboxylic acids is 1. The van der Waals surface area contributed by atoms with Crippen LogP contribution in [0.5, 0.6) is 0 Å². The van der Waals surface area contributed by atoms with Crippen molar-refractivity contribution in [3.63, 3.8) is 0 Å².